The standard InChI is InChI=1S/C16H26N6O2/c1-4-21(3)15(23)12(2)18-16(24)22-10-7-13(8-11-22)19-14-6-5-9-17-20-14/h5-6,9,12-13H,4,7-8,10-11H2,1-3H3,(H,18,24)(H,19,20)/t12-/m0/s1. The maximum absolute atomic E-state index is 12.3. The van der Waals surface area contributed by atoms with Crippen LogP contribution in [0.1, 0.15) is 26.7 Å². The van der Waals surface area contributed by atoms with Crippen LogP contribution in [0.3, 0.4) is 0 Å². The Balaban J connectivity index is 1.77. The first kappa shape index (κ1) is 18.0. The normalized spacial score (nSPS) is 16.4. The molecule has 3 amide bonds. The summed E-state index contributed by atoms with van der Waals surface area (Å²) in [6.07, 6.45) is 3.30. The van der Waals surface area contributed by atoms with Crippen LogP contribution in [0.2, 0.25) is 0 Å². The van der Waals surface area contributed by atoms with Crippen LogP contribution in [0.25, 0.3) is 0 Å². The minimum absolute atomic E-state index is 0.0787. The van der Waals surface area contributed by atoms with Gasteiger partial charge in [-0.1, -0.05) is 0 Å². The molecule has 2 heterocycles. The van der Waals surface area contributed by atoms with Gasteiger partial charge in [-0.05, 0) is 38.8 Å². The minimum Gasteiger partial charge on any atom is -0.366 e. The molecule has 8 heteroatoms. The van der Waals surface area contributed by atoms with Gasteiger partial charge in [0.15, 0.2) is 0 Å². The van der Waals surface area contributed by atoms with Crippen LogP contribution in [-0.2, 0) is 4.79 Å². The molecule has 0 unspecified atom stereocenters. The average Bonchev–Trinajstić information content (AvgIpc) is 2.61. The van der Waals surface area contributed by atoms with Gasteiger partial charge in [-0.2, -0.15) is 5.10 Å². The molecule has 0 bridgehead atoms. The number of rotatable bonds is 5. The van der Waals surface area contributed by atoms with E-state index in [1.807, 2.05) is 19.1 Å². The van der Waals surface area contributed by atoms with Crippen molar-refractivity contribution in [2.45, 2.75) is 38.8 Å². The fourth-order valence-corrected chi connectivity index (χ4v) is 2.64. The Kier molecular flexibility index (Phi) is 6.34. The minimum atomic E-state index is -0.516. The molecule has 0 spiro atoms. The van der Waals surface area contributed by atoms with E-state index in [9.17, 15) is 9.59 Å². The van der Waals surface area contributed by atoms with Crippen LogP contribution in [0.15, 0.2) is 18.3 Å². The summed E-state index contributed by atoms with van der Waals surface area (Å²) in [5.41, 5.74) is 0. The van der Waals surface area contributed by atoms with Gasteiger partial charge in [0.1, 0.15) is 11.9 Å². The van der Waals surface area contributed by atoms with E-state index in [0.717, 1.165) is 18.7 Å². The van der Waals surface area contributed by atoms with Gasteiger partial charge < -0.3 is 20.4 Å². The largest absolute Gasteiger partial charge is 0.366 e. The van der Waals surface area contributed by atoms with Crippen molar-refractivity contribution in [3.8, 4) is 0 Å². The topological polar surface area (TPSA) is 90.5 Å². The lowest BCUT2D eigenvalue weighted by atomic mass is 10.1. The van der Waals surface area contributed by atoms with Crippen molar-refractivity contribution in [3.63, 3.8) is 0 Å². The molecule has 1 aliphatic rings. The number of likely N-dealkylation sites (tertiary alicyclic amines) is 1. The maximum Gasteiger partial charge on any atom is 0.318 e. The number of hydrogen-bond acceptors (Lipinski definition) is 5. The highest BCUT2D eigenvalue weighted by Gasteiger charge is 2.26. The summed E-state index contributed by atoms with van der Waals surface area (Å²) in [5.74, 6) is 0.673. The molecule has 132 valence electrons. The number of carbonyl (C=O) groups is 2. The van der Waals surface area contributed by atoms with E-state index in [1.165, 1.54) is 0 Å². The highest BCUT2D eigenvalue weighted by Crippen LogP contribution is 2.14. The molecule has 1 aromatic rings. The van der Waals surface area contributed by atoms with Gasteiger partial charge in [0, 0.05) is 38.9 Å². The lowest BCUT2D eigenvalue weighted by molar-refractivity contribution is -0.131. The summed E-state index contributed by atoms with van der Waals surface area (Å²) in [4.78, 5) is 27.7. The average molecular weight is 334 g/mol. The number of aromatic nitrogens is 2. The lowest BCUT2D eigenvalue weighted by Gasteiger charge is -2.33. The Labute approximate surface area is 142 Å². The fourth-order valence-electron chi connectivity index (χ4n) is 2.64. The van der Waals surface area contributed by atoms with Crippen LogP contribution in [0, 0.1) is 0 Å². The monoisotopic (exact) mass is 334 g/mol. The van der Waals surface area contributed by atoms with Gasteiger partial charge in [0.2, 0.25) is 5.91 Å². The van der Waals surface area contributed by atoms with E-state index in [2.05, 4.69) is 20.8 Å². The predicted octanol–water partition coefficient (Wildman–Crippen LogP) is 0.929. The second kappa shape index (κ2) is 8.47. The van der Waals surface area contributed by atoms with E-state index >= 15 is 0 Å². The van der Waals surface area contributed by atoms with Crippen molar-refractivity contribution in [2.75, 3.05) is 32.0 Å². The van der Waals surface area contributed by atoms with E-state index in [4.69, 9.17) is 0 Å². The third kappa shape index (κ3) is 4.81. The zero-order valence-electron chi connectivity index (χ0n) is 14.5. The van der Waals surface area contributed by atoms with Crippen molar-refractivity contribution >= 4 is 17.8 Å². The molecule has 1 fully saturated rings. The molecule has 2 N–H and O–H groups in total. The van der Waals surface area contributed by atoms with Crippen LogP contribution in [-0.4, -0.2) is 70.7 Å². The van der Waals surface area contributed by atoms with Gasteiger partial charge in [-0.15, -0.1) is 5.10 Å². The number of nitrogens with one attached hydrogen (secondary N) is 2. The molecular formula is C16H26N6O2. The predicted molar refractivity (Wildman–Crippen MR) is 91.6 cm³/mol. The Bertz CT molecular complexity index is 545. The molecule has 1 aromatic heterocycles. The number of piperidine rings is 1. The number of amides is 3. The van der Waals surface area contributed by atoms with E-state index < -0.39 is 6.04 Å². The Hall–Kier alpha value is -2.38. The lowest BCUT2D eigenvalue weighted by Crippen LogP contribution is -2.52. The molecule has 0 radical (unpaired) electrons. The molecule has 0 aliphatic carbocycles. The van der Waals surface area contributed by atoms with Crippen molar-refractivity contribution in [2.24, 2.45) is 0 Å². The van der Waals surface area contributed by atoms with Gasteiger partial charge in [0.25, 0.3) is 0 Å². The molecule has 0 saturated carbocycles. The molecular weight excluding hydrogens is 308 g/mol. The first-order valence-electron chi connectivity index (χ1n) is 8.36. The summed E-state index contributed by atoms with van der Waals surface area (Å²) in [5, 5.41) is 14.0. The van der Waals surface area contributed by atoms with Crippen LogP contribution < -0.4 is 10.6 Å². The number of urea groups is 1. The summed E-state index contributed by atoms with van der Waals surface area (Å²) < 4.78 is 0. The highest BCUT2D eigenvalue weighted by molar-refractivity contribution is 5.86. The van der Waals surface area contributed by atoms with Gasteiger partial charge >= 0.3 is 6.03 Å². The second-order valence-corrected chi connectivity index (χ2v) is 6.04. The molecule has 2 rings (SSSR count). The Morgan fingerprint density at radius 3 is 2.71 bits per heavy atom. The quantitative estimate of drug-likeness (QED) is 0.836. The van der Waals surface area contributed by atoms with Gasteiger partial charge in [-0.25, -0.2) is 4.79 Å². The van der Waals surface area contributed by atoms with Gasteiger partial charge in [0.05, 0.1) is 0 Å². The molecule has 1 saturated heterocycles. The van der Waals surface area contributed by atoms with Crippen LogP contribution in [0.5, 0.6) is 0 Å². The summed E-state index contributed by atoms with van der Waals surface area (Å²) >= 11 is 0. The van der Waals surface area contributed by atoms with E-state index in [-0.39, 0.29) is 18.0 Å². The number of hydrogen-bond donors (Lipinski definition) is 2. The molecule has 24 heavy (non-hydrogen) atoms. The molecule has 0 aromatic carbocycles. The number of anilines is 1. The third-order valence-corrected chi connectivity index (χ3v) is 4.27. The summed E-state index contributed by atoms with van der Waals surface area (Å²) in [7, 11) is 1.73. The van der Waals surface area contributed by atoms with Crippen molar-refractivity contribution in [1.29, 1.82) is 0 Å². The van der Waals surface area contributed by atoms with E-state index in [0.29, 0.717) is 19.6 Å². The highest BCUT2D eigenvalue weighted by atomic mass is 16.2. The molecule has 1 aliphatic heterocycles. The smallest absolute Gasteiger partial charge is 0.318 e. The van der Waals surface area contributed by atoms with E-state index in [1.54, 1.807) is 30.0 Å². The summed E-state index contributed by atoms with van der Waals surface area (Å²) in [6.45, 7) is 5.54. The van der Waals surface area contributed by atoms with Crippen LogP contribution in [0.4, 0.5) is 10.6 Å². The molecule has 8 nitrogen and oxygen atoms in total. The number of nitrogens with zero attached hydrogens (tertiary/aromatic N) is 4. The van der Waals surface area contributed by atoms with Crippen molar-refractivity contribution in [1.82, 2.24) is 25.3 Å². The zero-order chi connectivity index (χ0) is 17.5. The fraction of sp³-hybridized carbons (Fsp3) is 0.625. The number of likely N-dealkylation sites (N-methyl/N-ethyl adjacent to an activating group) is 1. The number of carbonyl (C=O) groups excluding carboxylic acids is 2. The maximum atomic E-state index is 12.3. The zero-order valence-corrected chi connectivity index (χ0v) is 14.5. The Morgan fingerprint density at radius 2 is 2.12 bits per heavy atom. The van der Waals surface area contributed by atoms with Gasteiger partial charge in [-0.3, -0.25) is 4.79 Å². The van der Waals surface area contributed by atoms with Crippen LogP contribution >= 0.6 is 0 Å². The second-order valence-electron chi connectivity index (χ2n) is 6.04. The van der Waals surface area contributed by atoms with Crippen molar-refractivity contribution in [3.05, 3.63) is 18.3 Å². The van der Waals surface area contributed by atoms with Crippen molar-refractivity contribution < 1.29 is 9.59 Å². The SMILES string of the molecule is CCN(C)C(=O)[C@H](C)NC(=O)N1CCC(Nc2cccnn2)CC1. The first-order valence-corrected chi connectivity index (χ1v) is 8.36. The Morgan fingerprint density at radius 1 is 1.42 bits per heavy atom. The third-order valence-electron chi connectivity index (χ3n) is 4.27. The first-order chi connectivity index (χ1) is 11.5. The molecule has 1 atom stereocenters. The summed E-state index contributed by atoms with van der Waals surface area (Å²) in [6, 6.07) is 3.29.